The third-order valence-corrected chi connectivity index (χ3v) is 3.80. The third-order valence-electron chi connectivity index (χ3n) is 3.80. The minimum atomic E-state index is 0.816. The van der Waals surface area contributed by atoms with Crippen LogP contribution in [0, 0.1) is 11.8 Å². The minimum absolute atomic E-state index is 0.816. The molecule has 2 unspecified atom stereocenters. The molecule has 0 saturated carbocycles. The van der Waals surface area contributed by atoms with Crippen molar-refractivity contribution in [2.75, 3.05) is 19.6 Å². The summed E-state index contributed by atoms with van der Waals surface area (Å²) < 4.78 is 0. The van der Waals surface area contributed by atoms with Crippen LogP contribution in [0.4, 0.5) is 0 Å². The summed E-state index contributed by atoms with van der Waals surface area (Å²) in [5.74, 6) is 1.63. The van der Waals surface area contributed by atoms with Crippen LogP contribution in [0.3, 0.4) is 0 Å². The number of nitrogens with zero attached hydrogens (tertiary/aromatic N) is 2. The van der Waals surface area contributed by atoms with Crippen LogP contribution in [0.1, 0.15) is 38.4 Å². The van der Waals surface area contributed by atoms with Gasteiger partial charge in [-0.05, 0) is 36.4 Å². The van der Waals surface area contributed by atoms with Crippen molar-refractivity contribution in [3.8, 4) is 0 Å². The molecule has 1 saturated heterocycles. The van der Waals surface area contributed by atoms with Crippen molar-refractivity contribution in [2.24, 2.45) is 11.8 Å². The SMILES string of the molecule is CCNCc1ccc(CN2CC(C)CC(C)C2)nc1. The van der Waals surface area contributed by atoms with E-state index in [0.717, 1.165) is 31.5 Å². The van der Waals surface area contributed by atoms with Gasteiger partial charge >= 0.3 is 0 Å². The minimum Gasteiger partial charge on any atom is -0.313 e. The molecule has 3 nitrogen and oxygen atoms in total. The molecule has 106 valence electrons. The standard InChI is InChI=1S/C16H27N3/c1-4-17-8-15-5-6-16(18-9-15)12-19-10-13(2)7-14(3)11-19/h5-6,9,13-14,17H,4,7-8,10-12H2,1-3H3. The lowest BCUT2D eigenvalue weighted by atomic mass is 9.92. The van der Waals surface area contributed by atoms with E-state index in [1.807, 2.05) is 6.20 Å². The van der Waals surface area contributed by atoms with Crippen molar-refractivity contribution in [1.29, 1.82) is 0 Å². The maximum absolute atomic E-state index is 4.59. The van der Waals surface area contributed by atoms with E-state index in [2.05, 4.69) is 48.1 Å². The van der Waals surface area contributed by atoms with Crippen LogP contribution < -0.4 is 5.32 Å². The Morgan fingerprint density at radius 1 is 1.26 bits per heavy atom. The van der Waals surface area contributed by atoms with Gasteiger partial charge in [-0.25, -0.2) is 0 Å². The second-order valence-corrected chi connectivity index (χ2v) is 6.08. The Labute approximate surface area is 117 Å². The summed E-state index contributed by atoms with van der Waals surface area (Å²) in [7, 11) is 0. The number of pyridine rings is 1. The molecule has 1 fully saturated rings. The Bertz CT molecular complexity index is 364. The molecule has 0 aromatic carbocycles. The van der Waals surface area contributed by atoms with E-state index in [0.29, 0.717) is 0 Å². The Hall–Kier alpha value is -0.930. The fourth-order valence-corrected chi connectivity index (χ4v) is 3.07. The smallest absolute Gasteiger partial charge is 0.0544 e. The van der Waals surface area contributed by atoms with Gasteiger partial charge in [-0.15, -0.1) is 0 Å². The summed E-state index contributed by atoms with van der Waals surface area (Å²) >= 11 is 0. The van der Waals surface area contributed by atoms with Crippen molar-refractivity contribution >= 4 is 0 Å². The predicted molar refractivity (Wildman–Crippen MR) is 79.8 cm³/mol. The van der Waals surface area contributed by atoms with Crippen molar-refractivity contribution in [3.05, 3.63) is 29.6 Å². The van der Waals surface area contributed by atoms with Crippen LogP contribution in [-0.4, -0.2) is 29.5 Å². The molecule has 2 heterocycles. The van der Waals surface area contributed by atoms with Crippen molar-refractivity contribution < 1.29 is 0 Å². The number of hydrogen-bond acceptors (Lipinski definition) is 3. The van der Waals surface area contributed by atoms with Gasteiger partial charge in [-0.3, -0.25) is 9.88 Å². The second-order valence-electron chi connectivity index (χ2n) is 6.08. The summed E-state index contributed by atoms with van der Waals surface area (Å²) in [6.45, 7) is 12.2. The molecule has 0 spiro atoms. The molecular weight excluding hydrogens is 234 g/mol. The number of rotatable bonds is 5. The zero-order valence-electron chi connectivity index (χ0n) is 12.5. The average molecular weight is 261 g/mol. The molecule has 1 aliphatic heterocycles. The lowest BCUT2D eigenvalue weighted by Crippen LogP contribution is -2.38. The highest BCUT2D eigenvalue weighted by molar-refractivity contribution is 5.14. The van der Waals surface area contributed by atoms with Crippen molar-refractivity contribution in [1.82, 2.24) is 15.2 Å². The van der Waals surface area contributed by atoms with Gasteiger partial charge in [0, 0.05) is 32.4 Å². The van der Waals surface area contributed by atoms with E-state index < -0.39 is 0 Å². The lowest BCUT2D eigenvalue weighted by Gasteiger charge is -2.34. The Morgan fingerprint density at radius 2 is 2.00 bits per heavy atom. The maximum Gasteiger partial charge on any atom is 0.0544 e. The first kappa shape index (κ1) is 14.5. The van der Waals surface area contributed by atoms with Crippen LogP contribution in [-0.2, 0) is 13.1 Å². The van der Waals surface area contributed by atoms with E-state index in [-0.39, 0.29) is 0 Å². The monoisotopic (exact) mass is 261 g/mol. The van der Waals surface area contributed by atoms with E-state index in [1.165, 1.54) is 30.8 Å². The van der Waals surface area contributed by atoms with Gasteiger partial charge in [0.15, 0.2) is 0 Å². The molecule has 1 aromatic rings. The van der Waals surface area contributed by atoms with Gasteiger partial charge < -0.3 is 5.32 Å². The fraction of sp³-hybridized carbons (Fsp3) is 0.688. The van der Waals surface area contributed by atoms with Crippen LogP contribution >= 0.6 is 0 Å². The Kier molecular flexibility index (Phi) is 5.34. The van der Waals surface area contributed by atoms with Crippen LogP contribution in [0.5, 0.6) is 0 Å². The fourth-order valence-electron chi connectivity index (χ4n) is 3.07. The highest BCUT2D eigenvalue weighted by Gasteiger charge is 2.21. The van der Waals surface area contributed by atoms with Gasteiger partial charge in [-0.2, -0.15) is 0 Å². The highest BCUT2D eigenvalue weighted by Crippen LogP contribution is 2.22. The lowest BCUT2D eigenvalue weighted by molar-refractivity contribution is 0.133. The molecule has 19 heavy (non-hydrogen) atoms. The van der Waals surface area contributed by atoms with Crippen molar-refractivity contribution in [2.45, 2.75) is 40.3 Å². The molecule has 1 aliphatic rings. The quantitative estimate of drug-likeness (QED) is 0.883. The Morgan fingerprint density at radius 3 is 2.58 bits per heavy atom. The number of hydrogen-bond donors (Lipinski definition) is 1. The molecule has 2 rings (SSSR count). The molecule has 0 aliphatic carbocycles. The first-order chi connectivity index (χ1) is 9.17. The molecule has 2 atom stereocenters. The summed E-state index contributed by atoms with van der Waals surface area (Å²) in [4.78, 5) is 7.14. The Balaban J connectivity index is 1.88. The van der Waals surface area contributed by atoms with E-state index >= 15 is 0 Å². The summed E-state index contributed by atoms with van der Waals surface area (Å²) in [6, 6.07) is 4.37. The molecule has 1 N–H and O–H groups in total. The zero-order chi connectivity index (χ0) is 13.7. The third kappa shape index (κ3) is 4.59. The van der Waals surface area contributed by atoms with Crippen LogP contribution in [0.15, 0.2) is 18.3 Å². The van der Waals surface area contributed by atoms with Crippen LogP contribution in [0.25, 0.3) is 0 Å². The van der Waals surface area contributed by atoms with Crippen LogP contribution in [0.2, 0.25) is 0 Å². The first-order valence-corrected chi connectivity index (χ1v) is 7.54. The molecule has 1 aromatic heterocycles. The van der Waals surface area contributed by atoms with E-state index in [9.17, 15) is 0 Å². The number of nitrogens with one attached hydrogen (secondary N) is 1. The topological polar surface area (TPSA) is 28.2 Å². The molecule has 0 amide bonds. The van der Waals surface area contributed by atoms with Crippen molar-refractivity contribution in [3.63, 3.8) is 0 Å². The first-order valence-electron chi connectivity index (χ1n) is 7.54. The van der Waals surface area contributed by atoms with Gasteiger partial charge in [0.05, 0.1) is 5.69 Å². The summed E-state index contributed by atoms with van der Waals surface area (Å²) in [5.41, 5.74) is 2.47. The van der Waals surface area contributed by atoms with Gasteiger partial charge in [-0.1, -0.05) is 26.8 Å². The predicted octanol–water partition coefficient (Wildman–Crippen LogP) is 2.67. The van der Waals surface area contributed by atoms with Gasteiger partial charge in [0.25, 0.3) is 0 Å². The molecule has 3 heteroatoms. The number of piperidine rings is 1. The molecular formula is C16H27N3. The normalized spacial score (nSPS) is 24.6. The number of aromatic nitrogens is 1. The number of likely N-dealkylation sites (tertiary alicyclic amines) is 1. The molecule has 0 radical (unpaired) electrons. The van der Waals surface area contributed by atoms with Gasteiger partial charge in [0.1, 0.15) is 0 Å². The average Bonchev–Trinajstić information content (AvgIpc) is 2.37. The summed E-state index contributed by atoms with van der Waals surface area (Å²) in [5, 5.41) is 3.33. The zero-order valence-corrected chi connectivity index (χ0v) is 12.5. The van der Waals surface area contributed by atoms with Gasteiger partial charge in [0.2, 0.25) is 0 Å². The second kappa shape index (κ2) is 7.01. The maximum atomic E-state index is 4.59. The largest absolute Gasteiger partial charge is 0.313 e. The molecule has 0 bridgehead atoms. The van der Waals surface area contributed by atoms with E-state index in [1.54, 1.807) is 0 Å². The highest BCUT2D eigenvalue weighted by atomic mass is 15.1. The summed E-state index contributed by atoms with van der Waals surface area (Å²) in [6.07, 6.45) is 3.38. The van der Waals surface area contributed by atoms with E-state index in [4.69, 9.17) is 0 Å².